The Morgan fingerprint density at radius 1 is 1.25 bits per heavy atom. The number of anilines is 1. The van der Waals surface area contributed by atoms with Crippen LogP contribution in [0.5, 0.6) is 0 Å². The molecule has 0 fully saturated rings. The molecule has 0 amide bonds. The van der Waals surface area contributed by atoms with Crippen molar-refractivity contribution < 1.29 is 4.39 Å². The molecule has 0 aliphatic heterocycles. The lowest BCUT2D eigenvalue weighted by atomic mass is 10.2. The first-order valence-electron chi connectivity index (χ1n) is 6.19. The fourth-order valence-corrected chi connectivity index (χ4v) is 3.33. The first-order valence-corrected chi connectivity index (χ1v) is 8.01. The minimum atomic E-state index is -0.188. The second kappa shape index (κ2) is 5.73. The molecule has 20 heavy (non-hydrogen) atoms. The van der Waals surface area contributed by atoms with Gasteiger partial charge in [-0.1, -0.05) is 6.07 Å². The van der Waals surface area contributed by atoms with E-state index in [0.29, 0.717) is 12.1 Å². The van der Waals surface area contributed by atoms with Crippen molar-refractivity contribution in [2.45, 2.75) is 13.5 Å². The van der Waals surface area contributed by atoms with Crippen LogP contribution in [0.4, 0.5) is 10.1 Å². The van der Waals surface area contributed by atoms with E-state index >= 15 is 0 Å². The van der Waals surface area contributed by atoms with Gasteiger partial charge in [-0.25, -0.2) is 9.37 Å². The van der Waals surface area contributed by atoms with E-state index in [1.807, 2.05) is 16.8 Å². The summed E-state index contributed by atoms with van der Waals surface area (Å²) in [5, 5.41) is 10.4. The van der Waals surface area contributed by atoms with Crippen LogP contribution >= 0.6 is 22.7 Å². The van der Waals surface area contributed by atoms with Gasteiger partial charge in [-0.3, -0.25) is 0 Å². The van der Waals surface area contributed by atoms with Crippen LogP contribution in [0.1, 0.15) is 11.3 Å². The zero-order valence-electron chi connectivity index (χ0n) is 10.9. The molecule has 3 rings (SSSR count). The number of nitrogens with one attached hydrogen (secondary N) is 1. The van der Waals surface area contributed by atoms with Gasteiger partial charge in [0.05, 0.1) is 12.2 Å². The number of thiazole rings is 1. The molecule has 3 aromatic rings. The molecule has 1 aromatic carbocycles. The number of nitrogens with zero attached hydrogens (tertiary/aromatic N) is 1. The Labute approximate surface area is 124 Å². The van der Waals surface area contributed by atoms with Crippen molar-refractivity contribution in [1.29, 1.82) is 0 Å². The van der Waals surface area contributed by atoms with E-state index in [1.165, 1.54) is 6.07 Å². The maximum Gasteiger partial charge on any atom is 0.128 e. The number of hydrogen-bond donors (Lipinski definition) is 1. The molecule has 0 unspecified atom stereocenters. The van der Waals surface area contributed by atoms with Crippen LogP contribution in [0.2, 0.25) is 0 Å². The van der Waals surface area contributed by atoms with Crippen molar-refractivity contribution in [3.05, 3.63) is 57.5 Å². The Kier molecular flexibility index (Phi) is 3.80. The topological polar surface area (TPSA) is 24.9 Å². The number of aromatic nitrogens is 1. The number of benzene rings is 1. The Bertz CT molecular complexity index is 704. The smallest absolute Gasteiger partial charge is 0.128 e. The lowest BCUT2D eigenvalue weighted by molar-refractivity contribution is 0.619. The van der Waals surface area contributed by atoms with E-state index in [0.717, 1.165) is 22.0 Å². The summed E-state index contributed by atoms with van der Waals surface area (Å²) in [5.41, 5.74) is 3.56. The first kappa shape index (κ1) is 13.3. The van der Waals surface area contributed by atoms with Crippen LogP contribution in [0.3, 0.4) is 0 Å². The third-order valence-corrected chi connectivity index (χ3v) is 4.59. The predicted molar refractivity (Wildman–Crippen MR) is 83.9 cm³/mol. The summed E-state index contributed by atoms with van der Waals surface area (Å²) in [6, 6.07) is 7.23. The van der Waals surface area contributed by atoms with Crippen molar-refractivity contribution in [3.8, 4) is 10.6 Å². The summed E-state index contributed by atoms with van der Waals surface area (Å²) >= 11 is 3.30. The highest BCUT2D eigenvalue weighted by molar-refractivity contribution is 7.14. The number of aryl methyl sites for hydroxylation is 1. The molecule has 0 aliphatic carbocycles. The second-order valence-corrected chi connectivity index (χ2v) is 6.11. The van der Waals surface area contributed by atoms with Crippen molar-refractivity contribution in [1.82, 2.24) is 4.98 Å². The van der Waals surface area contributed by atoms with Crippen molar-refractivity contribution in [2.75, 3.05) is 5.32 Å². The summed E-state index contributed by atoms with van der Waals surface area (Å²) in [4.78, 5) is 4.58. The third kappa shape index (κ3) is 2.89. The second-order valence-electron chi connectivity index (χ2n) is 4.47. The van der Waals surface area contributed by atoms with Gasteiger partial charge in [0.2, 0.25) is 0 Å². The Morgan fingerprint density at radius 2 is 2.15 bits per heavy atom. The zero-order valence-corrected chi connectivity index (χ0v) is 12.5. The number of rotatable bonds is 4. The van der Waals surface area contributed by atoms with E-state index in [1.54, 1.807) is 35.7 Å². The maximum atomic E-state index is 13.4. The summed E-state index contributed by atoms with van der Waals surface area (Å²) < 4.78 is 13.4. The molecule has 0 bridgehead atoms. The van der Waals surface area contributed by atoms with Gasteiger partial charge in [0.15, 0.2) is 0 Å². The van der Waals surface area contributed by atoms with Gasteiger partial charge in [-0.05, 0) is 36.1 Å². The van der Waals surface area contributed by atoms with Crippen LogP contribution in [-0.4, -0.2) is 4.98 Å². The number of thiophene rings is 1. The van der Waals surface area contributed by atoms with Gasteiger partial charge in [-0.2, -0.15) is 11.3 Å². The zero-order chi connectivity index (χ0) is 13.9. The summed E-state index contributed by atoms with van der Waals surface area (Å²) in [7, 11) is 0. The number of hydrogen-bond acceptors (Lipinski definition) is 4. The minimum absolute atomic E-state index is 0.188. The number of halogens is 1. The highest BCUT2D eigenvalue weighted by Gasteiger charge is 2.05. The highest BCUT2D eigenvalue weighted by atomic mass is 32.1. The molecule has 0 saturated carbocycles. The lowest BCUT2D eigenvalue weighted by Crippen LogP contribution is -2.00. The normalized spacial score (nSPS) is 10.7. The first-order chi connectivity index (χ1) is 9.72. The van der Waals surface area contributed by atoms with Crippen molar-refractivity contribution in [3.63, 3.8) is 0 Å². The average molecular weight is 304 g/mol. The van der Waals surface area contributed by atoms with E-state index in [2.05, 4.69) is 21.7 Å². The van der Waals surface area contributed by atoms with Crippen LogP contribution in [0, 0.1) is 12.7 Å². The monoisotopic (exact) mass is 304 g/mol. The SMILES string of the molecule is Cc1ccc(NCc2csc(-c3ccsc3)n2)cc1F. The van der Waals surface area contributed by atoms with Gasteiger partial charge in [-0.15, -0.1) is 11.3 Å². The highest BCUT2D eigenvalue weighted by Crippen LogP contribution is 2.26. The van der Waals surface area contributed by atoms with E-state index < -0.39 is 0 Å². The molecule has 102 valence electrons. The van der Waals surface area contributed by atoms with Gasteiger partial charge >= 0.3 is 0 Å². The fourth-order valence-electron chi connectivity index (χ4n) is 1.80. The molecule has 0 saturated heterocycles. The summed E-state index contributed by atoms with van der Waals surface area (Å²) in [6.07, 6.45) is 0. The summed E-state index contributed by atoms with van der Waals surface area (Å²) in [5.74, 6) is -0.188. The predicted octanol–water partition coefficient (Wildman–Crippen LogP) is 4.93. The van der Waals surface area contributed by atoms with Crippen molar-refractivity contribution in [2.24, 2.45) is 0 Å². The molecule has 2 nitrogen and oxygen atoms in total. The molecule has 1 N–H and O–H groups in total. The van der Waals surface area contributed by atoms with E-state index in [-0.39, 0.29) is 5.82 Å². The lowest BCUT2D eigenvalue weighted by Gasteiger charge is -2.05. The minimum Gasteiger partial charge on any atom is -0.379 e. The molecular formula is C15H13FN2S2. The van der Waals surface area contributed by atoms with Gasteiger partial charge in [0.25, 0.3) is 0 Å². The molecule has 0 atom stereocenters. The molecular weight excluding hydrogens is 291 g/mol. The maximum absolute atomic E-state index is 13.4. The van der Waals surface area contributed by atoms with Crippen molar-refractivity contribution >= 4 is 28.4 Å². The Hall–Kier alpha value is -1.72. The van der Waals surface area contributed by atoms with Crippen LogP contribution in [0.15, 0.2) is 40.4 Å². The molecule has 0 radical (unpaired) electrons. The fraction of sp³-hybridized carbons (Fsp3) is 0.133. The quantitative estimate of drug-likeness (QED) is 0.739. The van der Waals surface area contributed by atoms with Crippen LogP contribution in [-0.2, 0) is 6.54 Å². The van der Waals surface area contributed by atoms with Gasteiger partial charge < -0.3 is 5.32 Å². The van der Waals surface area contributed by atoms with E-state index in [9.17, 15) is 4.39 Å². The van der Waals surface area contributed by atoms with Crippen LogP contribution in [0.25, 0.3) is 10.6 Å². The molecule has 0 spiro atoms. The average Bonchev–Trinajstić information content (AvgIpc) is 3.09. The summed E-state index contributed by atoms with van der Waals surface area (Å²) in [6.45, 7) is 2.36. The largest absolute Gasteiger partial charge is 0.379 e. The molecule has 5 heteroatoms. The Morgan fingerprint density at radius 3 is 2.90 bits per heavy atom. The molecule has 2 heterocycles. The molecule has 2 aromatic heterocycles. The van der Waals surface area contributed by atoms with Crippen LogP contribution < -0.4 is 5.32 Å². The third-order valence-electron chi connectivity index (χ3n) is 2.97. The standard InChI is InChI=1S/C15H13FN2S2/c1-10-2-3-12(6-14(10)16)17-7-13-9-20-15(18-13)11-4-5-19-8-11/h2-6,8-9,17H,7H2,1H3. The van der Waals surface area contributed by atoms with E-state index in [4.69, 9.17) is 0 Å². The molecule has 0 aliphatic rings. The van der Waals surface area contributed by atoms with Gasteiger partial charge in [0.1, 0.15) is 10.8 Å². The Balaban J connectivity index is 1.68. The van der Waals surface area contributed by atoms with Gasteiger partial charge in [0, 0.05) is 22.0 Å².